The Morgan fingerprint density at radius 1 is 1.21 bits per heavy atom. The monoisotopic (exact) mass is 366 g/mol. The van der Waals surface area contributed by atoms with Crippen molar-refractivity contribution in [1.82, 2.24) is 5.32 Å². The minimum atomic E-state index is -3.65. The average molecular weight is 367 g/mol. The van der Waals surface area contributed by atoms with E-state index in [1.807, 2.05) is 30.3 Å². The SMILES string of the molecule is CCC[C@H](C(=O)NCCc1ccc(S(N)(=O)=O)s1)c1ccccc1. The molecule has 1 heterocycles. The van der Waals surface area contributed by atoms with Crippen LogP contribution < -0.4 is 10.5 Å². The number of carbonyl (C=O) groups excluding carboxylic acids is 1. The summed E-state index contributed by atoms with van der Waals surface area (Å²) in [7, 11) is -3.65. The quantitative estimate of drug-likeness (QED) is 0.752. The van der Waals surface area contributed by atoms with Gasteiger partial charge in [-0.3, -0.25) is 4.79 Å². The first-order valence-corrected chi connectivity index (χ1v) is 10.2. The van der Waals surface area contributed by atoms with Gasteiger partial charge in [0.2, 0.25) is 15.9 Å². The number of hydrogen-bond donors (Lipinski definition) is 2. The summed E-state index contributed by atoms with van der Waals surface area (Å²) in [6, 6.07) is 13.0. The van der Waals surface area contributed by atoms with Crippen molar-refractivity contribution in [2.75, 3.05) is 6.54 Å². The highest BCUT2D eigenvalue weighted by atomic mass is 32.2. The second-order valence-corrected chi connectivity index (χ2v) is 8.52. The molecule has 1 aromatic carbocycles. The molecule has 0 aliphatic rings. The Kier molecular flexibility index (Phi) is 6.53. The van der Waals surface area contributed by atoms with Crippen LogP contribution in [0.2, 0.25) is 0 Å². The van der Waals surface area contributed by atoms with Gasteiger partial charge in [-0.25, -0.2) is 13.6 Å². The zero-order valence-electron chi connectivity index (χ0n) is 13.6. The van der Waals surface area contributed by atoms with Crippen molar-refractivity contribution in [3.8, 4) is 0 Å². The molecule has 0 bridgehead atoms. The molecule has 0 spiro atoms. The summed E-state index contributed by atoms with van der Waals surface area (Å²) in [5, 5.41) is 8.05. The van der Waals surface area contributed by atoms with Gasteiger partial charge in [0.15, 0.2) is 0 Å². The zero-order chi connectivity index (χ0) is 17.6. The van der Waals surface area contributed by atoms with Gasteiger partial charge < -0.3 is 5.32 Å². The molecule has 0 radical (unpaired) electrons. The van der Waals surface area contributed by atoms with Crippen LogP contribution in [0.1, 0.15) is 36.1 Å². The first-order valence-electron chi connectivity index (χ1n) is 7.86. The Morgan fingerprint density at radius 3 is 2.50 bits per heavy atom. The number of hydrogen-bond acceptors (Lipinski definition) is 4. The van der Waals surface area contributed by atoms with E-state index in [4.69, 9.17) is 5.14 Å². The van der Waals surface area contributed by atoms with Crippen LogP contribution in [0.3, 0.4) is 0 Å². The fourth-order valence-corrected chi connectivity index (χ4v) is 4.28. The molecule has 0 unspecified atom stereocenters. The van der Waals surface area contributed by atoms with Crippen LogP contribution in [0.15, 0.2) is 46.7 Å². The Morgan fingerprint density at radius 2 is 1.92 bits per heavy atom. The van der Waals surface area contributed by atoms with Gasteiger partial charge in [-0.1, -0.05) is 43.7 Å². The maximum atomic E-state index is 12.5. The van der Waals surface area contributed by atoms with Gasteiger partial charge in [0.1, 0.15) is 4.21 Å². The van der Waals surface area contributed by atoms with Crippen LogP contribution in [-0.2, 0) is 21.2 Å². The number of nitrogens with one attached hydrogen (secondary N) is 1. The molecular weight excluding hydrogens is 344 g/mol. The maximum absolute atomic E-state index is 12.5. The topological polar surface area (TPSA) is 89.3 Å². The number of primary sulfonamides is 1. The molecule has 1 atom stereocenters. The van der Waals surface area contributed by atoms with Crippen LogP contribution >= 0.6 is 11.3 Å². The second kappa shape index (κ2) is 8.41. The smallest absolute Gasteiger partial charge is 0.247 e. The molecule has 0 aliphatic heterocycles. The normalized spacial score (nSPS) is 12.8. The van der Waals surface area contributed by atoms with E-state index in [1.165, 1.54) is 6.07 Å². The van der Waals surface area contributed by atoms with Gasteiger partial charge in [-0.2, -0.15) is 0 Å². The van der Waals surface area contributed by atoms with Crippen LogP contribution in [0.4, 0.5) is 0 Å². The zero-order valence-corrected chi connectivity index (χ0v) is 15.2. The fraction of sp³-hybridized carbons (Fsp3) is 0.353. The Balaban J connectivity index is 1.93. The maximum Gasteiger partial charge on any atom is 0.247 e. The Bertz CT molecular complexity index is 770. The summed E-state index contributed by atoms with van der Waals surface area (Å²) in [6.45, 7) is 2.53. The van der Waals surface area contributed by atoms with E-state index < -0.39 is 10.0 Å². The first-order chi connectivity index (χ1) is 11.4. The van der Waals surface area contributed by atoms with E-state index in [0.717, 1.165) is 34.6 Å². The third-order valence-electron chi connectivity index (χ3n) is 3.68. The van der Waals surface area contributed by atoms with E-state index in [-0.39, 0.29) is 16.0 Å². The number of amides is 1. The third-order valence-corrected chi connectivity index (χ3v) is 6.27. The highest BCUT2D eigenvalue weighted by Gasteiger charge is 2.19. The van der Waals surface area contributed by atoms with Gasteiger partial charge >= 0.3 is 0 Å². The molecule has 7 heteroatoms. The summed E-state index contributed by atoms with van der Waals surface area (Å²) in [5.41, 5.74) is 1.02. The lowest BCUT2D eigenvalue weighted by Gasteiger charge is -2.16. The van der Waals surface area contributed by atoms with E-state index >= 15 is 0 Å². The van der Waals surface area contributed by atoms with Gasteiger partial charge in [0.05, 0.1) is 5.92 Å². The van der Waals surface area contributed by atoms with E-state index in [1.54, 1.807) is 6.07 Å². The minimum Gasteiger partial charge on any atom is -0.355 e. The molecule has 130 valence electrons. The summed E-state index contributed by atoms with van der Waals surface area (Å²) < 4.78 is 22.7. The minimum absolute atomic E-state index is 0.00581. The Labute approximate surface area is 146 Å². The van der Waals surface area contributed by atoms with Crippen molar-refractivity contribution in [1.29, 1.82) is 0 Å². The van der Waals surface area contributed by atoms with Crippen molar-refractivity contribution in [2.45, 2.75) is 36.3 Å². The van der Waals surface area contributed by atoms with Crippen LogP contribution in [0, 0.1) is 0 Å². The lowest BCUT2D eigenvalue weighted by molar-refractivity contribution is -0.122. The summed E-state index contributed by atoms with van der Waals surface area (Å²) in [5.74, 6) is -0.147. The fourth-order valence-electron chi connectivity index (χ4n) is 2.50. The third kappa shape index (κ3) is 5.15. The molecule has 2 rings (SSSR count). The number of thiophene rings is 1. The number of nitrogens with two attached hydrogens (primary N) is 1. The molecule has 1 aromatic heterocycles. The molecule has 0 fully saturated rings. The number of rotatable bonds is 8. The van der Waals surface area contributed by atoms with E-state index in [0.29, 0.717) is 13.0 Å². The molecule has 0 saturated carbocycles. The van der Waals surface area contributed by atoms with Gasteiger partial charge in [0.25, 0.3) is 0 Å². The number of carbonyl (C=O) groups is 1. The van der Waals surface area contributed by atoms with Crippen molar-refractivity contribution >= 4 is 27.3 Å². The van der Waals surface area contributed by atoms with Crippen molar-refractivity contribution in [3.63, 3.8) is 0 Å². The molecule has 0 aliphatic carbocycles. The van der Waals surface area contributed by atoms with Crippen molar-refractivity contribution in [2.24, 2.45) is 5.14 Å². The predicted molar refractivity (Wildman–Crippen MR) is 96.5 cm³/mol. The standard InChI is InChI=1S/C17H22N2O3S2/c1-2-6-15(13-7-4-3-5-8-13)17(20)19-12-11-14-9-10-16(23-14)24(18,21)22/h3-5,7-10,15H,2,6,11-12H2,1H3,(H,19,20)(H2,18,21,22)/t15-/m0/s1. The Hall–Kier alpha value is -1.70. The highest BCUT2D eigenvalue weighted by Crippen LogP contribution is 2.22. The van der Waals surface area contributed by atoms with E-state index in [2.05, 4.69) is 12.2 Å². The molecule has 1 amide bonds. The van der Waals surface area contributed by atoms with Crippen LogP contribution in [0.5, 0.6) is 0 Å². The van der Waals surface area contributed by atoms with Gasteiger partial charge in [-0.15, -0.1) is 11.3 Å². The highest BCUT2D eigenvalue weighted by molar-refractivity contribution is 7.91. The summed E-state index contributed by atoms with van der Waals surface area (Å²) >= 11 is 1.14. The second-order valence-electron chi connectivity index (χ2n) is 5.56. The van der Waals surface area contributed by atoms with Gasteiger partial charge in [-0.05, 0) is 30.5 Å². The van der Waals surface area contributed by atoms with Crippen LogP contribution in [-0.4, -0.2) is 20.9 Å². The summed E-state index contributed by atoms with van der Waals surface area (Å²) in [4.78, 5) is 13.3. The molecule has 24 heavy (non-hydrogen) atoms. The van der Waals surface area contributed by atoms with Gasteiger partial charge in [0, 0.05) is 11.4 Å². The number of sulfonamides is 1. The molecular formula is C17H22N2O3S2. The van der Waals surface area contributed by atoms with Crippen LogP contribution in [0.25, 0.3) is 0 Å². The number of benzene rings is 1. The predicted octanol–water partition coefficient (Wildman–Crippen LogP) is 2.64. The molecule has 5 nitrogen and oxygen atoms in total. The van der Waals surface area contributed by atoms with Crippen molar-refractivity contribution < 1.29 is 13.2 Å². The lowest BCUT2D eigenvalue weighted by Crippen LogP contribution is -2.31. The average Bonchev–Trinajstić information content (AvgIpc) is 3.02. The lowest BCUT2D eigenvalue weighted by atomic mass is 9.93. The molecule has 3 N–H and O–H groups in total. The molecule has 0 saturated heterocycles. The molecule has 2 aromatic rings. The van der Waals surface area contributed by atoms with Crippen molar-refractivity contribution in [3.05, 3.63) is 52.9 Å². The summed E-state index contributed by atoms with van der Waals surface area (Å²) in [6.07, 6.45) is 2.31. The largest absolute Gasteiger partial charge is 0.355 e. The first kappa shape index (κ1) is 18.6. The van der Waals surface area contributed by atoms with E-state index in [9.17, 15) is 13.2 Å².